The second kappa shape index (κ2) is 6.26. The second-order valence-electron chi connectivity index (χ2n) is 6.45. The van der Waals surface area contributed by atoms with Crippen LogP contribution in [0, 0.1) is 17.6 Å². The summed E-state index contributed by atoms with van der Waals surface area (Å²) in [5.74, 6) is -1.84. The molecule has 1 atom stereocenters. The van der Waals surface area contributed by atoms with Crippen LogP contribution in [0.2, 0.25) is 0 Å². The van der Waals surface area contributed by atoms with Crippen molar-refractivity contribution in [3.8, 4) is 0 Å². The highest BCUT2D eigenvalue weighted by atomic mass is 19.1. The summed E-state index contributed by atoms with van der Waals surface area (Å²) < 4.78 is 26.3. The molecule has 1 N–H and O–H groups in total. The third-order valence-corrected chi connectivity index (χ3v) is 4.50. The van der Waals surface area contributed by atoms with Crippen LogP contribution in [-0.2, 0) is 4.79 Å². The van der Waals surface area contributed by atoms with Crippen molar-refractivity contribution >= 4 is 11.8 Å². The maximum atomic E-state index is 13.1. The zero-order chi connectivity index (χ0) is 16.6. The summed E-state index contributed by atoms with van der Waals surface area (Å²) in [6, 6.07) is 3.08. The molecule has 1 aromatic carbocycles. The fourth-order valence-electron chi connectivity index (χ4n) is 2.96. The summed E-state index contributed by atoms with van der Waals surface area (Å²) in [5, 5.41) is 2.47. The Labute approximate surface area is 133 Å². The quantitative estimate of drug-likeness (QED) is 0.875. The number of hydrogen-bond acceptors (Lipinski definition) is 2. The number of carbonyl (C=O) groups excluding carboxylic acids is 2. The van der Waals surface area contributed by atoms with Gasteiger partial charge in [0.25, 0.3) is 5.91 Å². The highest BCUT2D eigenvalue weighted by Crippen LogP contribution is 2.39. The zero-order valence-electron chi connectivity index (χ0n) is 13.0. The fourth-order valence-corrected chi connectivity index (χ4v) is 2.96. The van der Waals surface area contributed by atoms with Crippen LogP contribution in [0.5, 0.6) is 0 Å². The summed E-state index contributed by atoms with van der Waals surface area (Å²) in [6.07, 6.45) is 4.30. The van der Waals surface area contributed by atoms with Gasteiger partial charge in [0.2, 0.25) is 5.91 Å². The first kappa shape index (κ1) is 15.9. The van der Waals surface area contributed by atoms with E-state index in [-0.39, 0.29) is 30.1 Å². The van der Waals surface area contributed by atoms with E-state index in [2.05, 4.69) is 12.2 Å². The lowest BCUT2D eigenvalue weighted by atomic mass is 10.1. The highest BCUT2D eigenvalue weighted by molar-refractivity contribution is 5.96. The maximum absolute atomic E-state index is 13.1. The smallest absolute Gasteiger partial charge is 0.251 e. The lowest BCUT2D eigenvalue weighted by molar-refractivity contribution is -0.133. The molecule has 2 saturated carbocycles. The van der Waals surface area contributed by atoms with E-state index in [0.717, 1.165) is 37.8 Å². The molecule has 2 fully saturated rings. The fraction of sp³-hybridized carbons (Fsp3) is 0.529. The van der Waals surface area contributed by atoms with Crippen LogP contribution < -0.4 is 5.32 Å². The summed E-state index contributed by atoms with van der Waals surface area (Å²) >= 11 is 0. The molecule has 0 radical (unpaired) electrons. The lowest BCUT2D eigenvalue weighted by Gasteiger charge is -2.29. The van der Waals surface area contributed by atoms with Crippen molar-refractivity contribution in [2.45, 2.75) is 44.7 Å². The van der Waals surface area contributed by atoms with E-state index in [4.69, 9.17) is 0 Å². The van der Waals surface area contributed by atoms with Crippen molar-refractivity contribution in [2.75, 3.05) is 6.54 Å². The van der Waals surface area contributed by atoms with E-state index < -0.39 is 17.5 Å². The Morgan fingerprint density at radius 1 is 1.17 bits per heavy atom. The molecule has 2 amide bonds. The van der Waals surface area contributed by atoms with Gasteiger partial charge in [-0.25, -0.2) is 8.78 Å². The molecule has 0 heterocycles. The van der Waals surface area contributed by atoms with E-state index >= 15 is 0 Å². The molecule has 2 aliphatic carbocycles. The van der Waals surface area contributed by atoms with Crippen molar-refractivity contribution in [2.24, 2.45) is 5.92 Å². The van der Waals surface area contributed by atoms with E-state index in [0.29, 0.717) is 12.0 Å². The third kappa shape index (κ3) is 3.86. The first-order chi connectivity index (χ1) is 11.0. The molecule has 0 unspecified atom stereocenters. The van der Waals surface area contributed by atoms with E-state index in [1.165, 1.54) is 0 Å². The SMILES string of the molecule is C[C@H](C1CC1)N(C(=O)CNC(=O)c1cc(F)cc(F)c1)C1CC1. The summed E-state index contributed by atoms with van der Waals surface area (Å²) in [6.45, 7) is 1.90. The second-order valence-corrected chi connectivity index (χ2v) is 6.45. The Balaban J connectivity index is 1.59. The van der Waals surface area contributed by atoms with Gasteiger partial charge in [-0.2, -0.15) is 0 Å². The van der Waals surface area contributed by atoms with Gasteiger partial charge in [0.15, 0.2) is 0 Å². The number of benzene rings is 1. The molecule has 23 heavy (non-hydrogen) atoms. The Bertz CT molecular complexity index is 607. The number of halogens is 2. The van der Waals surface area contributed by atoms with Gasteiger partial charge >= 0.3 is 0 Å². The molecule has 0 aromatic heterocycles. The van der Waals surface area contributed by atoms with Gasteiger partial charge < -0.3 is 10.2 Å². The lowest BCUT2D eigenvalue weighted by Crippen LogP contribution is -2.46. The van der Waals surface area contributed by atoms with Crippen molar-refractivity contribution in [1.82, 2.24) is 10.2 Å². The number of nitrogens with one attached hydrogen (secondary N) is 1. The molecular formula is C17H20F2N2O2. The minimum Gasteiger partial charge on any atom is -0.343 e. The Morgan fingerprint density at radius 3 is 2.30 bits per heavy atom. The largest absolute Gasteiger partial charge is 0.343 e. The first-order valence-electron chi connectivity index (χ1n) is 8.01. The van der Waals surface area contributed by atoms with Crippen LogP contribution in [0.1, 0.15) is 43.0 Å². The average Bonchev–Trinajstić information content (AvgIpc) is 3.36. The van der Waals surface area contributed by atoms with Crippen molar-refractivity contribution < 1.29 is 18.4 Å². The van der Waals surface area contributed by atoms with Gasteiger partial charge in [0, 0.05) is 23.7 Å². The molecule has 2 aliphatic rings. The van der Waals surface area contributed by atoms with Crippen LogP contribution in [0.3, 0.4) is 0 Å². The first-order valence-corrected chi connectivity index (χ1v) is 8.01. The number of nitrogens with zero attached hydrogens (tertiary/aromatic N) is 1. The normalized spacial score (nSPS) is 18.4. The molecule has 0 spiro atoms. The minimum atomic E-state index is -0.816. The van der Waals surface area contributed by atoms with E-state index in [1.54, 1.807) is 0 Å². The predicted octanol–water partition coefficient (Wildman–Crippen LogP) is 2.48. The van der Waals surface area contributed by atoms with E-state index in [1.807, 2.05) is 4.90 Å². The minimum absolute atomic E-state index is 0.122. The Kier molecular flexibility index (Phi) is 4.33. The molecule has 4 nitrogen and oxygen atoms in total. The molecule has 0 aliphatic heterocycles. The van der Waals surface area contributed by atoms with Crippen molar-refractivity contribution in [1.29, 1.82) is 0 Å². The van der Waals surface area contributed by atoms with Gasteiger partial charge in [-0.1, -0.05) is 0 Å². The van der Waals surface area contributed by atoms with Crippen LogP contribution in [-0.4, -0.2) is 35.3 Å². The van der Waals surface area contributed by atoms with Crippen molar-refractivity contribution in [3.05, 3.63) is 35.4 Å². The summed E-state index contributed by atoms with van der Waals surface area (Å²) in [4.78, 5) is 26.3. The molecule has 124 valence electrons. The maximum Gasteiger partial charge on any atom is 0.251 e. The summed E-state index contributed by atoms with van der Waals surface area (Å²) in [5.41, 5.74) is -0.122. The number of carbonyl (C=O) groups is 2. The number of hydrogen-bond donors (Lipinski definition) is 1. The monoisotopic (exact) mass is 322 g/mol. The van der Waals surface area contributed by atoms with Crippen LogP contribution in [0.25, 0.3) is 0 Å². The van der Waals surface area contributed by atoms with Crippen LogP contribution >= 0.6 is 0 Å². The Morgan fingerprint density at radius 2 is 1.78 bits per heavy atom. The van der Waals surface area contributed by atoms with Gasteiger partial charge in [-0.15, -0.1) is 0 Å². The van der Waals surface area contributed by atoms with Crippen molar-refractivity contribution in [3.63, 3.8) is 0 Å². The molecule has 1 aromatic rings. The summed E-state index contributed by atoms with van der Waals surface area (Å²) in [7, 11) is 0. The molecule has 6 heteroatoms. The zero-order valence-corrected chi connectivity index (χ0v) is 13.0. The van der Waals surface area contributed by atoms with Gasteiger partial charge in [0.1, 0.15) is 11.6 Å². The van der Waals surface area contributed by atoms with Gasteiger partial charge in [0.05, 0.1) is 6.54 Å². The van der Waals surface area contributed by atoms with Crippen LogP contribution in [0.15, 0.2) is 18.2 Å². The third-order valence-electron chi connectivity index (χ3n) is 4.50. The number of rotatable bonds is 6. The van der Waals surface area contributed by atoms with Crippen LogP contribution in [0.4, 0.5) is 8.78 Å². The molecular weight excluding hydrogens is 302 g/mol. The predicted molar refractivity (Wildman–Crippen MR) is 80.7 cm³/mol. The molecule has 0 saturated heterocycles. The molecule has 3 rings (SSSR count). The topological polar surface area (TPSA) is 49.4 Å². The standard InChI is InChI=1S/C17H20F2N2O2/c1-10(11-2-3-11)21(15-4-5-15)16(22)9-20-17(23)12-6-13(18)8-14(19)7-12/h6-8,10-11,15H,2-5,9H2,1H3,(H,20,23)/t10-/m1/s1. The van der Waals surface area contributed by atoms with E-state index in [9.17, 15) is 18.4 Å². The number of amides is 2. The van der Waals surface area contributed by atoms with Gasteiger partial charge in [-0.3, -0.25) is 9.59 Å². The van der Waals surface area contributed by atoms with Gasteiger partial charge in [-0.05, 0) is 50.7 Å². The molecule has 0 bridgehead atoms. The Hall–Kier alpha value is -1.98. The highest BCUT2D eigenvalue weighted by Gasteiger charge is 2.41. The average molecular weight is 322 g/mol.